The van der Waals surface area contributed by atoms with Crippen LogP contribution in [0.1, 0.15) is 15.9 Å². The van der Waals surface area contributed by atoms with E-state index in [-0.39, 0.29) is 18.1 Å². The molecule has 0 N–H and O–H groups in total. The number of carbonyl (C=O) groups is 1. The van der Waals surface area contributed by atoms with Crippen molar-refractivity contribution in [3.63, 3.8) is 0 Å². The highest BCUT2D eigenvalue weighted by atomic mass is 19.3. The molecule has 0 aliphatic rings. The summed E-state index contributed by atoms with van der Waals surface area (Å²) in [4.78, 5) is 13.4. The van der Waals surface area contributed by atoms with E-state index < -0.39 is 6.61 Å². The second kappa shape index (κ2) is 7.16. The SMILES string of the molecule is Cc1ccc(-c2nnn(CC(=O)c3ccc(OC(F)F)cc3)n2)cc1. The van der Waals surface area contributed by atoms with Crippen LogP contribution in [0.5, 0.6) is 5.75 Å². The number of hydrogen-bond acceptors (Lipinski definition) is 5. The highest BCUT2D eigenvalue weighted by Gasteiger charge is 2.12. The van der Waals surface area contributed by atoms with Crippen LogP contribution in [0.4, 0.5) is 8.78 Å². The summed E-state index contributed by atoms with van der Waals surface area (Å²) in [7, 11) is 0. The van der Waals surface area contributed by atoms with Crippen molar-refractivity contribution in [1.82, 2.24) is 20.2 Å². The smallest absolute Gasteiger partial charge is 0.387 e. The van der Waals surface area contributed by atoms with E-state index in [1.807, 2.05) is 31.2 Å². The lowest BCUT2D eigenvalue weighted by molar-refractivity contribution is -0.0498. The van der Waals surface area contributed by atoms with Crippen molar-refractivity contribution in [2.75, 3.05) is 0 Å². The molecule has 0 aliphatic carbocycles. The number of halogens is 2. The monoisotopic (exact) mass is 344 g/mol. The molecule has 2 aromatic carbocycles. The number of rotatable bonds is 6. The van der Waals surface area contributed by atoms with E-state index in [1.165, 1.54) is 29.1 Å². The van der Waals surface area contributed by atoms with Gasteiger partial charge in [-0.2, -0.15) is 13.6 Å². The van der Waals surface area contributed by atoms with Crippen molar-refractivity contribution in [2.24, 2.45) is 0 Å². The molecule has 6 nitrogen and oxygen atoms in total. The number of hydrogen-bond donors (Lipinski definition) is 0. The Hall–Kier alpha value is -3.16. The Morgan fingerprint density at radius 2 is 1.80 bits per heavy atom. The number of carbonyl (C=O) groups excluding carboxylic acids is 1. The molecule has 0 spiro atoms. The fourth-order valence-corrected chi connectivity index (χ4v) is 2.17. The molecule has 0 amide bonds. The molecule has 0 bridgehead atoms. The van der Waals surface area contributed by atoms with E-state index in [0.29, 0.717) is 11.4 Å². The Labute approximate surface area is 142 Å². The molecule has 8 heteroatoms. The molecule has 0 atom stereocenters. The van der Waals surface area contributed by atoms with E-state index in [1.54, 1.807) is 0 Å². The molecule has 0 fully saturated rings. The van der Waals surface area contributed by atoms with Crippen molar-refractivity contribution in [3.8, 4) is 17.1 Å². The van der Waals surface area contributed by atoms with Crippen LogP contribution in [0.2, 0.25) is 0 Å². The average Bonchev–Trinajstić information content (AvgIpc) is 3.04. The summed E-state index contributed by atoms with van der Waals surface area (Å²) >= 11 is 0. The first-order valence-corrected chi connectivity index (χ1v) is 7.44. The van der Waals surface area contributed by atoms with Gasteiger partial charge < -0.3 is 4.74 Å². The molecule has 0 radical (unpaired) electrons. The van der Waals surface area contributed by atoms with Crippen LogP contribution >= 0.6 is 0 Å². The van der Waals surface area contributed by atoms with Crippen molar-refractivity contribution in [2.45, 2.75) is 20.1 Å². The van der Waals surface area contributed by atoms with Gasteiger partial charge in [0.05, 0.1) is 0 Å². The van der Waals surface area contributed by atoms with Gasteiger partial charge in [0, 0.05) is 11.1 Å². The number of nitrogens with zero attached hydrogens (tertiary/aromatic N) is 4. The molecule has 0 saturated heterocycles. The fraction of sp³-hybridized carbons (Fsp3) is 0.176. The zero-order valence-electron chi connectivity index (χ0n) is 13.3. The van der Waals surface area contributed by atoms with Crippen molar-refractivity contribution in [3.05, 3.63) is 59.7 Å². The van der Waals surface area contributed by atoms with Gasteiger partial charge >= 0.3 is 6.61 Å². The Bertz CT molecular complexity index is 861. The van der Waals surface area contributed by atoms with E-state index in [4.69, 9.17) is 0 Å². The lowest BCUT2D eigenvalue weighted by Gasteiger charge is -2.05. The number of aromatic nitrogens is 4. The van der Waals surface area contributed by atoms with E-state index >= 15 is 0 Å². The Kier molecular flexibility index (Phi) is 4.78. The third kappa shape index (κ3) is 4.23. The van der Waals surface area contributed by atoms with E-state index in [9.17, 15) is 13.6 Å². The highest BCUT2D eigenvalue weighted by molar-refractivity contribution is 5.95. The normalized spacial score (nSPS) is 10.9. The lowest BCUT2D eigenvalue weighted by atomic mass is 10.1. The molecule has 3 rings (SSSR count). The van der Waals surface area contributed by atoms with Gasteiger partial charge in [0.2, 0.25) is 5.82 Å². The van der Waals surface area contributed by atoms with E-state index in [2.05, 4.69) is 20.1 Å². The molecular weight excluding hydrogens is 330 g/mol. The number of aryl methyl sites for hydroxylation is 1. The average molecular weight is 344 g/mol. The maximum absolute atomic E-state index is 12.2. The number of tetrazole rings is 1. The van der Waals surface area contributed by atoms with Gasteiger partial charge in [-0.25, -0.2) is 0 Å². The molecular formula is C17H14F2N4O2. The van der Waals surface area contributed by atoms with Crippen LogP contribution in [0, 0.1) is 6.92 Å². The first-order valence-electron chi connectivity index (χ1n) is 7.44. The summed E-state index contributed by atoms with van der Waals surface area (Å²) < 4.78 is 28.5. The van der Waals surface area contributed by atoms with Crippen LogP contribution in [-0.4, -0.2) is 32.6 Å². The van der Waals surface area contributed by atoms with Crippen molar-refractivity contribution in [1.29, 1.82) is 0 Å². The Morgan fingerprint density at radius 1 is 1.12 bits per heavy atom. The van der Waals surface area contributed by atoms with E-state index in [0.717, 1.165) is 11.1 Å². The highest BCUT2D eigenvalue weighted by Crippen LogP contribution is 2.16. The third-order valence-electron chi connectivity index (χ3n) is 3.45. The number of benzene rings is 2. The predicted octanol–water partition coefficient (Wildman–Crippen LogP) is 3.13. The molecule has 0 unspecified atom stereocenters. The van der Waals surface area contributed by atoms with Crippen LogP contribution in [0.3, 0.4) is 0 Å². The van der Waals surface area contributed by atoms with Gasteiger partial charge in [0.25, 0.3) is 0 Å². The van der Waals surface area contributed by atoms with Crippen LogP contribution < -0.4 is 4.74 Å². The number of alkyl halides is 2. The van der Waals surface area contributed by atoms with Gasteiger partial charge in [-0.3, -0.25) is 4.79 Å². The maximum Gasteiger partial charge on any atom is 0.387 e. The number of Topliss-reactive ketones (excluding diaryl/α,β-unsaturated/α-hetero) is 1. The minimum absolute atomic E-state index is 0.00733. The van der Waals surface area contributed by atoms with Crippen molar-refractivity contribution < 1.29 is 18.3 Å². The van der Waals surface area contributed by atoms with Crippen LogP contribution in [0.15, 0.2) is 48.5 Å². The molecule has 1 heterocycles. The summed E-state index contributed by atoms with van der Waals surface area (Å²) in [5.74, 6) is 0.150. The summed E-state index contributed by atoms with van der Waals surface area (Å²) in [5, 5.41) is 12.0. The molecule has 0 aliphatic heterocycles. The summed E-state index contributed by atoms with van der Waals surface area (Å²) in [5.41, 5.74) is 2.26. The van der Waals surface area contributed by atoms with Gasteiger partial charge in [-0.1, -0.05) is 29.8 Å². The third-order valence-corrected chi connectivity index (χ3v) is 3.45. The Morgan fingerprint density at radius 3 is 2.44 bits per heavy atom. The molecule has 128 valence electrons. The number of ketones is 1. The summed E-state index contributed by atoms with van der Waals surface area (Å²) in [6, 6.07) is 13.1. The van der Waals surface area contributed by atoms with Gasteiger partial charge in [0.1, 0.15) is 12.3 Å². The molecule has 0 saturated carbocycles. The molecule has 25 heavy (non-hydrogen) atoms. The van der Waals surface area contributed by atoms with Crippen molar-refractivity contribution >= 4 is 5.78 Å². The van der Waals surface area contributed by atoms with Gasteiger partial charge in [-0.15, -0.1) is 10.2 Å². The molecule has 1 aromatic heterocycles. The largest absolute Gasteiger partial charge is 0.435 e. The minimum atomic E-state index is -2.90. The quantitative estimate of drug-likeness (QED) is 0.643. The van der Waals surface area contributed by atoms with Crippen LogP contribution in [0.25, 0.3) is 11.4 Å². The second-order valence-corrected chi connectivity index (χ2v) is 5.34. The standard InChI is InChI=1S/C17H14F2N4O2/c1-11-2-4-13(5-3-11)16-20-22-23(21-16)10-15(24)12-6-8-14(9-7-12)25-17(18)19/h2-9,17H,10H2,1H3. The maximum atomic E-state index is 12.2. The van der Waals surface area contributed by atoms with Crippen LogP contribution in [-0.2, 0) is 6.54 Å². The lowest BCUT2D eigenvalue weighted by Crippen LogP contribution is -2.13. The first-order chi connectivity index (χ1) is 12.0. The minimum Gasteiger partial charge on any atom is -0.435 e. The Balaban J connectivity index is 1.68. The summed E-state index contributed by atoms with van der Waals surface area (Å²) in [6.45, 7) is -1.03. The second-order valence-electron chi connectivity index (χ2n) is 5.34. The topological polar surface area (TPSA) is 69.9 Å². The summed E-state index contributed by atoms with van der Waals surface area (Å²) in [6.07, 6.45) is 0. The van der Waals surface area contributed by atoms with Gasteiger partial charge in [0.15, 0.2) is 5.78 Å². The first kappa shape index (κ1) is 16.7. The number of ether oxygens (including phenoxy) is 1. The molecule has 3 aromatic rings. The predicted molar refractivity (Wildman–Crippen MR) is 85.4 cm³/mol. The fourth-order valence-electron chi connectivity index (χ4n) is 2.17. The zero-order chi connectivity index (χ0) is 17.8. The van der Waals surface area contributed by atoms with Gasteiger partial charge in [-0.05, 0) is 36.4 Å². The zero-order valence-corrected chi connectivity index (χ0v) is 13.3.